The summed E-state index contributed by atoms with van der Waals surface area (Å²) in [5, 5.41) is 0. The van der Waals surface area contributed by atoms with Gasteiger partial charge in [0.15, 0.2) is 11.4 Å². The Hall–Kier alpha value is -1.10. The van der Waals surface area contributed by atoms with Gasteiger partial charge in [-0.15, -0.1) is 0 Å². The van der Waals surface area contributed by atoms with Crippen molar-refractivity contribution in [2.75, 3.05) is 0 Å². The Bertz CT molecular complexity index is 529. The standard InChI is InChI=1S/C8H5BrFNO2/c1-11-6-5(10)3-2-4(9)7(6)13-8(11)12/h2-3H,1H3. The highest BCUT2D eigenvalue weighted by atomic mass is 79.9. The van der Waals surface area contributed by atoms with E-state index in [1.54, 1.807) is 0 Å². The molecule has 0 radical (unpaired) electrons. The molecule has 0 aliphatic heterocycles. The summed E-state index contributed by atoms with van der Waals surface area (Å²) in [6.45, 7) is 0. The van der Waals surface area contributed by atoms with Crippen LogP contribution in [0.2, 0.25) is 0 Å². The van der Waals surface area contributed by atoms with Crippen LogP contribution in [0.25, 0.3) is 11.1 Å². The molecule has 0 saturated heterocycles. The molecule has 0 amide bonds. The van der Waals surface area contributed by atoms with Crippen molar-refractivity contribution in [3.8, 4) is 0 Å². The Kier molecular flexibility index (Phi) is 1.76. The third-order valence-corrected chi connectivity index (χ3v) is 2.46. The molecule has 0 saturated carbocycles. The summed E-state index contributed by atoms with van der Waals surface area (Å²) < 4.78 is 19.7. The molecule has 1 aromatic carbocycles. The SMILES string of the molecule is Cn1c(=O)oc2c(Br)ccc(F)c21. The van der Waals surface area contributed by atoms with Crippen LogP contribution in [0, 0.1) is 5.82 Å². The van der Waals surface area contributed by atoms with E-state index in [-0.39, 0.29) is 11.1 Å². The predicted octanol–water partition coefficient (Wildman–Crippen LogP) is 2.03. The van der Waals surface area contributed by atoms with Gasteiger partial charge in [0, 0.05) is 7.05 Å². The van der Waals surface area contributed by atoms with Crippen LogP contribution in [0.1, 0.15) is 0 Å². The van der Waals surface area contributed by atoms with E-state index in [1.165, 1.54) is 19.2 Å². The van der Waals surface area contributed by atoms with Crippen LogP contribution in [0.3, 0.4) is 0 Å². The van der Waals surface area contributed by atoms with E-state index in [2.05, 4.69) is 15.9 Å². The molecule has 1 heterocycles. The first kappa shape index (κ1) is 8.50. The lowest BCUT2D eigenvalue weighted by Crippen LogP contribution is -2.08. The zero-order valence-corrected chi connectivity index (χ0v) is 8.26. The first-order valence-electron chi connectivity index (χ1n) is 3.55. The maximum atomic E-state index is 13.2. The molecule has 13 heavy (non-hydrogen) atoms. The van der Waals surface area contributed by atoms with Crippen LogP contribution in [0.5, 0.6) is 0 Å². The Balaban J connectivity index is 3.09. The summed E-state index contributed by atoms with van der Waals surface area (Å²) in [6, 6.07) is 2.78. The quantitative estimate of drug-likeness (QED) is 0.712. The third kappa shape index (κ3) is 1.11. The number of aryl methyl sites for hydroxylation is 1. The van der Waals surface area contributed by atoms with Gasteiger partial charge in [0.1, 0.15) is 5.52 Å². The average Bonchev–Trinajstić information content (AvgIpc) is 2.38. The fourth-order valence-electron chi connectivity index (χ4n) is 1.18. The van der Waals surface area contributed by atoms with Crippen molar-refractivity contribution in [2.45, 2.75) is 0 Å². The number of nitrogens with zero attached hydrogens (tertiary/aromatic N) is 1. The second-order valence-corrected chi connectivity index (χ2v) is 3.49. The average molecular weight is 246 g/mol. The number of benzene rings is 1. The van der Waals surface area contributed by atoms with Crippen LogP contribution in [0.15, 0.2) is 25.8 Å². The lowest BCUT2D eigenvalue weighted by Gasteiger charge is -1.94. The molecule has 1 aromatic heterocycles. The van der Waals surface area contributed by atoms with E-state index in [9.17, 15) is 9.18 Å². The number of fused-ring (bicyclic) bond motifs is 1. The van der Waals surface area contributed by atoms with E-state index in [0.717, 1.165) is 4.57 Å². The number of halogens is 2. The van der Waals surface area contributed by atoms with Gasteiger partial charge in [-0.25, -0.2) is 9.18 Å². The van der Waals surface area contributed by atoms with E-state index in [1.807, 2.05) is 0 Å². The monoisotopic (exact) mass is 245 g/mol. The number of hydrogen-bond donors (Lipinski definition) is 0. The molecule has 0 N–H and O–H groups in total. The molecule has 0 atom stereocenters. The van der Waals surface area contributed by atoms with Gasteiger partial charge in [-0.2, -0.15) is 0 Å². The topological polar surface area (TPSA) is 35.1 Å². The Morgan fingerprint density at radius 3 is 2.85 bits per heavy atom. The third-order valence-electron chi connectivity index (χ3n) is 1.83. The maximum absolute atomic E-state index is 13.2. The van der Waals surface area contributed by atoms with Crippen molar-refractivity contribution in [3.63, 3.8) is 0 Å². The predicted molar refractivity (Wildman–Crippen MR) is 49.1 cm³/mol. The van der Waals surface area contributed by atoms with E-state index in [4.69, 9.17) is 4.42 Å². The molecule has 68 valence electrons. The largest absolute Gasteiger partial charge is 0.419 e. The van der Waals surface area contributed by atoms with Crippen LogP contribution in [-0.2, 0) is 7.05 Å². The Morgan fingerprint density at radius 2 is 2.23 bits per heavy atom. The molecule has 0 aliphatic rings. The number of aromatic nitrogens is 1. The van der Waals surface area contributed by atoms with Crippen molar-refractivity contribution in [1.29, 1.82) is 0 Å². The molecule has 5 heteroatoms. The molecule has 0 unspecified atom stereocenters. The highest BCUT2D eigenvalue weighted by Gasteiger charge is 2.12. The van der Waals surface area contributed by atoms with Gasteiger partial charge in [0.2, 0.25) is 0 Å². The van der Waals surface area contributed by atoms with Crippen LogP contribution < -0.4 is 5.76 Å². The second-order valence-electron chi connectivity index (χ2n) is 2.63. The zero-order valence-electron chi connectivity index (χ0n) is 6.67. The minimum atomic E-state index is -0.569. The molecular weight excluding hydrogens is 241 g/mol. The van der Waals surface area contributed by atoms with Gasteiger partial charge in [-0.3, -0.25) is 4.57 Å². The van der Waals surface area contributed by atoms with Crippen molar-refractivity contribution >= 4 is 27.0 Å². The van der Waals surface area contributed by atoms with Crippen molar-refractivity contribution < 1.29 is 8.81 Å². The van der Waals surface area contributed by atoms with Crippen LogP contribution in [-0.4, -0.2) is 4.57 Å². The molecule has 2 aromatic rings. The second kappa shape index (κ2) is 2.70. The zero-order chi connectivity index (χ0) is 9.59. The minimum absolute atomic E-state index is 0.180. The summed E-state index contributed by atoms with van der Waals surface area (Å²) in [5.41, 5.74) is 0.423. The highest BCUT2D eigenvalue weighted by Crippen LogP contribution is 2.24. The van der Waals surface area contributed by atoms with Crippen molar-refractivity contribution in [2.24, 2.45) is 7.05 Å². The summed E-state index contributed by atoms with van der Waals surface area (Å²) >= 11 is 3.17. The fourth-order valence-corrected chi connectivity index (χ4v) is 1.58. The summed E-state index contributed by atoms with van der Waals surface area (Å²) in [6.07, 6.45) is 0. The maximum Gasteiger partial charge on any atom is 0.419 e. The van der Waals surface area contributed by atoms with Gasteiger partial charge in [0.05, 0.1) is 4.47 Å². The van der Waals surface area contributed by atoms with Crippen LogP contribution in [0.4, 0.5) is 4.39 Å². The van der Waals surface area contributed by atoms with Gasteiger partial charge >= 0.3 is 5.76 Å². The lowest BCUT2D eigenvalue weighted by atomic mass is 10.3. The number of oxazole rings is 1. The molecular formula is C8H5BrFNO2. The lowest BCUT2D eigenvalue weighted by molar-refractivity contribution is 0.526. The highest BCUT2D eigenvalue weighted by molar-refractivity contribution is 9.10. The summed E-state index contributed by atoms with van der Waals surface area (Å²) in [5.74, 6) is -1.03. The van der Waals surface area contributed by atoms with Gasteiger partial charge in [0.25, 0.3) is 0 Å². The van der Waals surface area contributed by atoms with Crippen molar-refractivity contribution in [1.82, 2.24) is 4.57 Å². The van der Waals surface area contributed by atoms with E-state index in [0.29, 0.717) is 4.47 Å². The number of rotatable bonds is 0. The summed E-state index contributed by atoms with van der Waals surface area (Å²) in [4.78, 5) is 11.1. The molecule has 0 fully saturated rings. The molecule has 0 bridgehead atoms. The van der Waals surface area contributed by atoms with Gasteiger partial charge in [-0.05, 0) is 28.1 Å². The van der Waals surface area contributed by atoms with Gasteiger partial charge in [-0.1, -0.05) is 0 Å². The molecule has 2 rings (SSSR count). The van der Waals surface area contributed by atoms with Gasteiger partial charge < -0.3 is 4.42 Å². The first-order chi connectivity index (χ1) is 6.11. The van der Waals surface area contributed by atoms with Crippen LogP contribution >= 0.6 is 15.9 Å². The van der Waals surface area contributed by atoms with E-state index < -0.39 is 11.6 Å². The van der Waals surface area contributed by atoms with E-state index >= 15 is 0 Å². The fraction of sp³-hybridized carbons (Fsp3) is 0.125. The Labute approximate surface area is 80.9 Å². The first-order valence-corrected chi connectivity index (χ1v) is 4.34. The smallest absolute Gasteiger partial charge is 0.406 e. The number of hydrogen-bond acceptors (Lipinski definition) is 2. The summed E-state index contributed by atoms with van der Waals surface area (Å²) in [7, 11) is 1.46. The normalized spacial score (nSPS) is 11.0. The van der Waals surface area contributed by atoms with Crippen molar-refractivity contribution in [3.05, 3.63) is 33.0 Å². The molecule has 0 spiro atoms. The Morgan fingerprint density at radius 1 is 1.54 bits per heavy atom. The molecule has 0 aliphatic carbocycles. The minimum Gasteiger partial charge on any atom is -0.406 e. The molecule has 3 nitrogen and oxygen atoms in total.